The Labute approximate surface area is 201 Å². The Morgan fingerprint density at radius 3 is 2.88 bits per heavy atom. The lowest BCUT2D eigenvalue weighted by molar-refractivity contribution is -0.116. The van der Waals surface area contributed by atoms with Crippen LogP contribution in [0.5, 0.6) is 0 Å². The van der Waals surface area contributed by atoms with E-state index in [1.165, 1.54) is 0 Å². The highest BCUT2D eigenvalue weighted by molar-refractivity contribution is 6.31. The molecule has 1 unspecified atom stereocenters. The van der Waals surface area contributed by atoms with Gasteiger partial charge in [-0.15, -0.1) is 0 Å². The monoisotopic (exact) mass is 473 g/mol. The van der Waals surface area contributed by atoms with Gasteiger partial charge < -0.3 is 10.6 Å². The molecule has 4 aromatic rings. The number of amides is 1. The Morgan fingerprint density at radius 2 is 2.06 bits per heavy atom. The first-order valence-corrected chi connectivity index (χ1v) is 12.0. The fourth-order valence-corrected chi connectivity index (χ4v) is 5.26. The number of hydrogen-bond donors (Lipinski definition) is 2. The van der Waals surface area contributed by atoms with Crippen molar-refractivity contribution >= 4 is 40.2 Å². The SMILES string of the molecule is O=C1Nc2ccc(Cl)cc2C1c1c2cnc(NCCc3cccnc3)nc2nn1C1CCCC1. The van der Waals surface area contributed by atoms with Gasteiger partial charge in [-0.3, -0.25) is 14.5 Å². The third-order valence-corrected chi connectivity index (χ3v) is 6.94. The first-order chi connectivity index (χ1) is 16.7. The molecule has 8 nitrogen and oxygen atoms in total. The number of anilines is 2. The molecule has 1 saturated carbocycles. The van der Waals surface area contributed by atoms with Crippen molar-refractivity contribution in [1.29, 1.82) is 0 Å². The summed E-state index contributed by atoms with van der Waals surface area (Å²) in [7, 11) is 0. The predicted octanol–water partition coefficient (Wildman–Crippen LogP) is 4.73. The third kappa shape index (κ3) is 3.77. The topological polar surface area (TPSA) is 97.6 Å². The van der Waals surface area contributed by atoms with Crippen molar-refractivity contribution in [3.63, 3.8) is 0 Å². The summed E-state index contributed by atoms with van der Waals surface area (Å²) < 4.78 is 2.03. The van der Waals surface area contributed by atoms with Crippen LogP contribution in [-0.4, -0.2) is 37.2 Å². The number of hydrogen-bond acceptors (Lipinski definition) is 6. The summed E-state index contributed by atoms with van der Waals surface area (Å²) in [5, 5.41) is 12.6. The molecule has 1 aliphatic heterocycles. The van der Waals surface area contributed by atoms with Crippen LogP contribution < -0.4 is 10.6 Å². The van der Waals surface area contributed by atoms with Crippen LogP contribution in [0, 0.1) is 0 Å². The summed E-state index contributed by atoms with van der Waals surface area (Å²) in [6.07, 6.45) is 10.6. The molecule has 34 heavy (non-hydrogen) atoms. The van der Waals surface area contributed by atoms with E-state index >= 15 is 0 Å². The second kappa shape index (κ2) is 8.68. The Morgan fingerprint density at radius 1 is 1.18 bits per heavy atom. The summed E-state index contributed by atoms with van der Waals surface area (Å²) in [5.41, 5.74) is 4.26. The molecule has 4 heterocycles. The molecule has 0 spiro atoms. The number of rotatable bonds is 6. The molecular formula is C25H24ClN7O. The highest BCUT2D eigenvalue weighted by Gasteiger charge is 2.38. The average Bonchev–Trinajstić information content (AvgIpc) is 3.56. The fourth-order valence-electron chi connectivity index (χ4n) is 5.08. The van der Waals surface area contributed by atoms with Gasteiger partial charge in [-0.05, 0) is 54.7 Å². The lowest BCUT2D eigenvalue weighted by Crippen LogP contribution is -2.20. The van der Waals surface area contributed by atoms with E-state index in [1.54, 1.807) is 18.5 Å². The van der Waals surface area contributed by atoms with Crippen LogP contribution in [0.25, 0.3) is 11.0 Å². The zero-order valence-electron chi connectivity index (χ0n) is 18.5. The standard InChI is InChI=1S/C25H24ClN7O/c26-16-7-8-20-18(12-16)21(24(34)30-20)22-19-14-29-25(28-11-9-15-4-3-10-27-13-15)31-23(19)32-33(22)17-5-1-2-6-17/h3-4,7-8,10,12-14,17,21H,1-2,5-6,9,11H2,(H,30,34)(H,28,31,32). The van der Waals surface area contributed by atoms with Crippen LogP contribution in [0.1, 0.15) is 54.5 Å². The van der Waals surface area contributed by atoms with Crippen LogP contribution >= 0.6 is 11.6 Å². The molecule has 0 radical (unpaired) electrons. The molecule has 9 heteroatoms. The van der Waals surface area contributed by atoms with E-state index < -0.39 is 5.92 Å². The van der Waals surface area contributed by atoms with Crippen LogP contribution in [0.2, 0.25) is 5.02 Å². The highest BCUT2D eigenvalue weighted by atomic mass is 35.5. The normalized spacial score (nSPS) is 17.8. The number of carbonyl (C=O) groups is 1. The number of aromatic nitrogens is 5. The van der Waals surface area contributed by atoms with Gasteiger partial charge in [0.2, 0.25) is 11.9 Å². The van der Waals surface area contributed by atoms with Gasteiger partial charge in [-0.2, -0.15) is 10.1 Å². The van der Waals surface area contributed by atoms with Gasteiger partial charge in [0.25, 0.3) is 0 Å². The summed E-state index contributed by atoms with van der Waals surface area (Å²) >= 11 is 6.30. The number of carbonyl (C=O) groups excluding carboxylic acids is 1. The van der Waals surface area contributed by atoms with Crippen molar-refractivity contribution in [3.05, 3.63) is 70.8 Å². The van der Waals surface area contributed by atoms with Crippen molar-refractivity contribution in [2.45, 2.75) is 44.1 Å². The summed E-state index contributed by atoms with van der Waals surface area (Å²) in [4.78, 5) is 26.6. The van der Waals surface area contributed by atoms with Crippen molar-refractivity contribution in [2.75, 3.05) is 17.2 Å². The van der Waals surface area contributed by atoms with Crippen molar-refractivity contribution in [3.8, 4) is 0 Å². The number of benzene rings is 1. The predicted molar refractivity (Wildman–Crippen MR) is 131 cm³/mol. The van der Waals surface area contributed by atoms with Gasteiger partial charge in [0.05, 0.1) is 17.1 Å². The minimum atomic E-state index is -0.493. The van der Waals surface area contributed by atoms with Gasteiger partial charge in [-0.25, -0.2) is 4.98 Å². The molecule has 1 aliphatic carbocycles. The van der Waals surface area contributed by atoms with Crippen LogP contribution in [0.15, 0.2) is 48.9 Å². The molecule has 1 aromatic carbocycles. The van der Waals surface area contributed by atoms with Crippen molar-refractivity contribution in [1.82, 2.24) is 24.7 Å². The molecule has 3 aromatic heterocycles. The van der Waals surface area contributed by atoms with Crippen LogP contribution in [0.4, 0.5) is 11.6 Å². The summed E-state index contributed by atoms with van der Waals surface area (Å²) in [6, 6.07) is 9.75. The first kappa shape index (κ1) is 21.0. The Kier molecular flexibility index (Phi) is 5.37. The molecular weight excluding hydrogens is 450 g/mol. The zero-order valence-corrected chi connectivity index (χ0v) is 19.3. The smallest absolute Gasteiger partial charge is 0.238 e. The summed E-state index contributed by atoms with van der Waals surface area (Å²) in [6.45, 7) is 0.685. The number of pyridine rings is 1. The average molecular weight is 474 g/mol. The number of halogens is 1. The van der Waals surface area contributed by atoms with Gasteiger partial charge in [0, 0.05) is 35.8 Å². The summed E-state index contributed by atoms with van der Waals surface area (Å²) in [5.74, 6) is -0.0393. The maximum absolute atomic E-state index is 13.1. The minimum Gasteiger partial charge on any atom is -0.354 e. The van der Waals surface area contributed by atoms with E-state index in [9.17, 15) is 4.79 Å². The molecule has 1 amide bonds. The van der Waals surface area contributed by atoms with E-state index in [2.05, 4.69) is 20.6 Å². The molecule has 0 saturated heterocycles. The largest absolute Gasteiger partial charge is 0.354 e. The molecule has 1 atom stereocenters. The number of fused-ring (bicyclic) bond motifs is 2. The lowest BCUT2D eigenvalue weighted by Gasteiger charge is -2.18. The van der Waals surface area contributed by atoms with E-state index in [0.717, 1.165) is 60.0 Å². The number of nitrogens with one attached hydrogen (secondary N) is 2. The van der Waals surface area contributed by atoms with Crippen molar-refractivity contribution < 1.29 is 4.79 Å². The molecule has 6 rings (SSSR count). The van der Waals surface area contributed by atoms with E-state index in [4.69, 9.17) is 21.7 Å². The Hall–Kier alpha value is -3.52. The fraction of sp³-hybridized carbons (Fsp3) is 0.320. The van der Waals surface area contributed by atoms with E-state index in [1.807, 2.05) is 35.1 Å². The van der Waals surface area contributed by atoms with Crippen LogP contribution in [0.3, 0.4) is 0 Å². The molecule has 1 fully saturated rings. The lowest BCUT2D eigenvalue weighted by atomic mass is 9.95. The second-order valence-corrected chi connectivity index (χ2v) is 9.33. The van der Waals surface area contributed by atoms with Crippen LogP contribution in [-0.2, 0) is 11.2 Å². The van der Waals surface area contributed by atoms with Gasteiger partial charge in [0.1, 0.15) is 5.92 Å². The van der Waals surface area contributed by atoms with E-state index in [-0.39, 0.29) is 11.9 Å². The van der Waals surface area contributed by atoms with Gasteiger partial charge >= 0.3 is 0 Å². The molecule has 2 N–H and O–H groups in total. The first-order valence-electron chi connectivity index (χ1n) is 11.7. The van der Waals surface area contributed by atoms with E-state index in [0.29, 0.717) is 23.2 Å². The Bertz CT molecular complexity index is 1360. The van der Waals surface area contributed by atoms with Crippen molar-refractivity contribution in [2.24, 2.45) is 0 Å². The van der Waals surface area contributed by atoms with Gasteiger partial charge in [0.15, 0.2) is 5.65 Å². The molecule has 0 bridgehead atoms. The highest BCUT2D eigenvalue weighted by Crippen LogP contribution is 2.43. The number of nitrogens with zero attached hydrogens (tertiary/aromatic N) is 5. The second-order valence-electron chi connectivity index (χ2n) is 8.89. The van der Waals surface area contributed by atoms with Gasteiger partial charge in [-0.1, -0.05) is 30.5 Å². The Balaban J connectivity index is 1.37. The molecule has 172 valence electrons. The minimum absolute atomic E-state index is 0.0722. The third-order valence-electron chi connectivity index (χ3n) is 6.70. The maximum atomic E-state index is 13.1. The zero-order chi connectivity index (χ0) is 23.1. The quantitative estimate of drug-likeness (QED) is 0.420. The molecule has 2 aliphatic rings. The maximum Gasteiger partial charge on any atom is 0.238 e.